The largest absolute Gasteiger partial charge is 0.471 e. The topological polar surface area (TPSA) is 131 Å². The number of hydrogen-bond donors (Lipinski definition) is 3. The molecule has 2 bridgehead atoms. The molecular formula is C25H32F3N5O4. The van der Waals surface area contributed by atoms with Crippen LogP contribution >= 0.6 is 0 Å². The van der Waals surface area contributed by atoms with Crippen LogP contribution in [0, 0.1) is 46.3 Å². The molecule has 12 heteroatoms. The third-order valence-corrected chi connectivity index (χ3v) is 7.92. The number of nitriles is 1. The number of likely N-dealkylation sites (tertiary alicyclic amines) is 1. The number of nitrogens with one attached hydrogen (secondary N) is 3. The number of carbonyl (C=O) groups is 4. The number of rotatable bonds is 6. The second kappa shape index (κ2) is 9.65. The highest BCUT2D eigenvalue weighted by Gasteiger charge is 2.59. The van der Waals surface area contributed by atoms with E-state index in [-0.39, 0.29) is 43.1 Å². The van der Waals surface area contributed by atoms with E-state index >= 15 is 0 Å². The number of hydrogen-bond acceptors (Lipinski definition) is 5. The van der Waals surface area contributed by atoms with Crippen LogP contribution in [0.3, 0.4) is 0 Å². The van der Waals surface area contributed by atoms with Gasteiger partial charge in [-0.25, -0.2) is 0 Å². The first-order valence-electron chi connectivity index (χ1n) is 13.3. The molecule has 1 saturated carbocycles. The summed E-state index contributed by atoms with van der Waals surface area (Å²) < 4.78 is 54.7. The average molecular weight is 526 g/mol. The number of fused-ring (bicyclic) bond motifs is 5. The minimum atomic E-state index is -5.20. The molecule has 0 aromatic heterocycles. The van der Waals surface area contributed by atoms with Crippen molar-refractivity contribution < 1.29 is 35.1 Å². The van der Waals surface area contributed by atoms with Gasteiger partial charge >= 0.3 is 12.1 Å². The zero-order valence-electron chi connectivity index (χ0n) is 22.8. The van der Waals surface area contributed by atoms with Crippen LogP contribution in [-0.2, 0) is 19.2 Å². The second-order valence-corrected chi connectivity index (χ2v) is 11.4. The van der Waals surface area contributed by atoms with Crippen molar-refractivity contribution in [3.63, 3.8) is 0 Å². The quantitative estimate of drug-likeness (QED) is 0.450. The van der Waals surface area contributed by atoms with Crippen LogP contribution in [-0.4, -0.2) is 65.9 Å². The minimum Gasteiger partial charge on any atom is -0.356 e. The first-order valence-corrected chi connectivity index (χ1v) is 12.3. The number of halogens is 3. The summed E-state index contributed by atoms with van der Waals surface area (Å²) in [4.78, 5) is 52.6. The van der Waals surface area contributed by atoms with Gasteiger partial charge in [0.1, 0.15) is 18.1 Å². The van der Waals surface area contributed by atoms with Crippen molar-refractivity contribution in [2.24, 2.45) is 35.0 Å². The van der Waals surface area contributed by atoms with Gasteiger partial charge in [-0.05, 0) is 48.3 Å². The lowest BCUT2D eigenvalue weighted by atomic mass is 9.81. The normalized spacial score (nSPS) is 34.1. The Kier molecular flexibility index (Phi) is 6.32. The van der Waals surface area contributed by atoms with Crippen LogP contribution in [0.25, 0.3) is 0 Å². The van der Waals surface area contributed by atoms with E-state index in [0.29, 0.717) is 0 Å². The highest BCUT2D eigenvalue weighted by atomic mass is 19.4. The molecule has 2 saturated heterocycles. The molecule has 4 rings (SSSR count). The minimum absolute atomic E-state index is 0.0280. The third kappa shape index (κ3) is 5.18. The predicted molar refractivity (Wildman–Crippen MR) is 124 cm³/mol. The predicted octanol–water partition coefficient (Wildman–Crippen LogP) is 1.26. The molecule has 8 atom stereocenters. The maximum atomic E-state index is 13.8. The van der Waals surface area contributed by atoms with E-state index in [2.05, 4.69) is 10.6 Å². The van der Waals surface area contributed by atoms with Crippen LogP contribution in [0.2, 0.25) is 0 Å². The van der Waals surface area contributed by atoms with Crippen LogP contribution < -0.4 is 16.0 Å². The Hall–Kier alpha value is -3.10. The first-order chi connectivity index (χ1) is 17.9. The summed E-state index contributed by atoms with van der Waals surface area (Å²) in [5.74, 6) is -5.49. The van der Waals surface area contributed by atoms with Gasteiger partial charge in [0.2, 0.25) is 17.7 Å². The molecule has 0 aromatic rings. The second-order valence-electron chi connectivity index (χ2n) is 11.4. The monoisotopic (exact) mass is 525 g/mol. The van der Waals surface area contributed by atoms with Crippen molar-refractivity contribution in [2.75, 3.05) is 13.0 Å². The van der Waals surface area contributed by atoms with E-state index < -0.39 is 65.8 Å². The van der Waals surface area contributed by atoms with Gasteiger partial charge in [-0.1, -0.05) is 32.9 Å². The molecule has 0 unspecified atom stereocenters. The van der Waals surface area contributed by atoms with Crippen molar-refractivity contribution in [1.82, 2.24) is 20.9 Å². The molecule has 4 aliphatic rings. The van der Waals surface area contributed by atoms with E-state index in [1.807, 2.05) is 23.5 Å². The molecule has 0 radical (unpaired) electrons. The standard InChI is InChI=1S/C25H32F3N5O4/c1-24(2,3)19(32-23(37)25(26,27)28)22(36)33-11-16-12-4-5-13(8-12)17(16)18(33)21(35)31-15(10-29)9-14-6-7-30-20(14)34/h4-5,12-19H,6-9,11H2,1-3H3,(H,30,34)(H,31,35)(H,32,37)/t12-,13+,14+,15+,16-,17+,18+,19-/m1/s1/i7D2. The SMILES string of the molecule is [2H]C1([2H])C[C@@H](C[C@@H](C#N)NC(=O)[C@@H]2[C@@H]3[C@H](CN2C(=O)[C@@H](NC(=O)C(F)(F)F)C(C)(C)C)[C@@H]2C=C[C@H]3C2)C(=O)N1. The fourth-order valence-corrected chi connectivity index (χ4v) is 6.14. The molecule has 2 aliphatic heterocycles. The van der Waals surface area contributed by atoms with Gasteiger partial charge < -0.3 is 20.9 Å². The highest BCUT2D eigenvalue weighted by molar-refractivity contribution is 5.94. The molecule has 3 N–H and O–H groups in total. The number of amides is 4. The summed E-state index contributed by atoms with van der Waals surface area (Å²) in [6.45, 7) is 2.73. The van der Waals surface area contributed by atoms with Crippen LogP contribution in [0.15, 0.2) is 12.2 Å². The van der Waals surface area contributed by atoms with Crippen LogP contribution in [0.1, 0.15) is 42.8 Å². The number of nitrogens with zero attached hydrogens (tertiary/aromatic N) is 2. The lowest BCUT2D eigenvalue weighted by molar-refractivity contribution is -0.176. The Morgan fingerprint density at radius 2 is 1.92 bits per heavy atom. The molecule has 37 heavy (non-hydrogen) atoms. The van der Waals surface area contributed by atoms with E-state index in [1.165, 1.54) is 25.7 Å². The highest BCUT2D eigenvalue weighted by Crippen LogP contribution is 2.54. The third-order valence-electron chi connectivity index (χ3n) is 7.92. The summed E-state index contributed by atoms with van der Waals surface area (Å²) in [5, 5.41) is 16.3. The summed E-state index contributed by atoms with van der Waals surface area (Å²) in [6, 6.07) is -1.89. The molecule has 202 valence electrons. The molecule has 2 heterocycles. The summed E-state index contributed by atoms with van der Waals surface area (Å²) >= 11 is 0. The lowest BCUT2D eigenvalue weighted by Gasteiger charge is -2.37. The molecule has 0 spiro atoms. The van der Waals surface area contributed by atoms with E-state index in [9.17, 15) is 37.6 Å². The molecular weight excluding hydrogens is 491 g/mol. The van der Waals surface area contributed by atoms with Gasteiger partial charge in [0.25, 0.3) is 0 Å². The van der Waals surface area contributed by atoms with Crippen LogP contribution in [0.4, 0.5) is 13.2 Å². The molecule has 4 amide bonds. The fourth-order valence-electron chi connectivity index (χ4n) is 6.14. The number of allylic oxidation sites excluding steroid dienone is 2. The number of carbonyl (C=O) groups excluding carboxylic acids is 4. The van der Waals surface area contributed by atoms with Gasteiger partial charge in [0, 0.05) is 21.7 Å². The fraction of sp³-hybridized carbons (Fsp3) is 0.720. The van der Waals surface area contributed by atoms with Crippen molar-refractivity contribution in [1.29, 1.82) is 5.26 Å². The zero-order valence-corrected chi connectivity index (χ0v) is 20.8. The van der Waals surface area contributed by atoms with E-state index in [0.717, 1.165) is 6.42 Å². The van der Waals surface area contributed by atoms with Gasteiger partial charge in [0.15, 0.2) is 0 Å². The Balaban J connectivity index is 1.58. The summed E-state index contributed by atoms with van der Waals surface area (Å²) in [7, 11) is 0. The Labute approximate surface area is 216 Å². The smallest absolute Gasteiger partial charge is 0.356 e. The molecule has 0 aromatic carbocycles. The van der Waals surface area contributed by atoms with Gasteiger partial charge in [0.05, 0.1) is 6.07 Å². The van der Waals surface area contributed by atoms with Crippen molar-refractivity contribution in [3.05, 3.63) is 12.2 Å². The lowest BCUT2D eigenvalue weighted by Crippen LogP contribution is -2.60. The summed E-state index contributed by atoms with van der Waals surface area (Å²) in [6.07, 6.45) is -0.730. The Morgan fingerprint density at radius 3 is 2.49 bits per heavy atom. The van der Waals surface area contributed by atoms with Gasteiger partial charge in [-0.3, -0.25) is 19.2 Å². The van der Waals surface area contributed by atoms with Crippen molar-refractivity contribution >= 4 is 23.6 Å². The average Bonchev–Trinajstić information content (AvgIpc) is 3.55. The Morgan fingerprint density at radius 1 is 1.24 bits per heavy atom. The molecule has 9 nitrogen and oxygen atoms in total. The van der Waals surface area contributed by atoms with Gasteiger partial charge in [-0.2, -0.15) is 18.4 Å². The summed E-state index contributed by atoms with van der Waals surface area (Å²) in [5.41, 5.74) is -1.11. The van der Waals surface area contributed by atoms with Crippen LogP contribution in [0.5, 0.6) is 0 Å². The van der Waals surface area contributed by atoms with Gasteiger partial charge in [-0.15, -0.1) is 0 Å². The Bertz CT molecular complexity index is 1130. The maximum Gasteiger partial charge on any atom is 0.471 e. The molecule has 3 fully saturated rings. The number of alkyl halides is 3. The van der Waals surface area contributed by atoms with Crippen molar-refractivity contribution in [3.8, 4) is 6.07 Å². The van der Waals surface area contributed by atoms with E-state index in [1.54, 1.807) is 0 Å². The van der Waals surface area contributed by atoms with Crippen molar-refractivity contribution in [2.45, 2.75) is 64.3 Å². The zero-order chi connectivity index (χ0) is 29.1. The first kappa shape index (κ1) is 24.2. The maximum absolute atomic E-state index is 13.8. The van der Waals surface area contributed by atoms with E-state index in [4.69, 9.17) is 2.74 Å². The molecule has 2 aliphatic carbocycles.